The van der Waals surface area contributed by atoms with Crippen LogP contribution in [0, 0.1) is 0 Å². The third-order valence-electron chi connectivity index (χ3n) is 4.68. The van der Waals surface area contributed by atoms with Gasteiger partial charge in [-0.25, -0.2) is 15.0 Å². The fraction of sp³-hybridized carbons (Fsp3) is 0.136. The van der Waals surface area contributed by atoms with Crippen LogP contribution in [-0.4, -0.2) is 38.4 Å². The van der Waals surface area contributed by atoms with Crippen molar-refractivity contribution in [2.45, 2.75) is 13.5 Å². The quantitative estimate of drug-likeness (QED) is 0.479. The normalized spacial score (nSPS) is 10.8. The van der Waals surface area contributed by atoms with Crippen molar-refractivity contribution < 1.29 is 14.3 Å². The van der Waals surface area contributed by atoms with Gasteiger partial charge in [0.15, 0.2) is 11.5 Å². The number of nitrogens with one attached hydrogen (secondary N) is 1. The standard InChI is InChI=1S/C22H20N6O3/c1-13(29)31-12-14-5-7-15(8-6-14)28-20(16-4-3-11-25-19(16)23)26-17-9-10-18(22(30)24-2)27-21(17)28/h3-11H,12H2,1-2H3,(H2,23,25)(H,24,30). The Kier molecular flexibility index (Phi) is 5.31. The Hall–Kier alpha value is -4.27. The third-order valence-corrected chi connectivity index (χ3v) is 4.68. The molecule has 0 bridgehead atoms. The molecular formula is C22H20N6O3. The van der Waals surface area contributed by atoms with Crippen LogP contribution in [0.2, 0.25) is 0 Å². The van der Waals surface area contributed by atoms with E-state index in [1.54, 1.807) is 31.4 Å². The monoisotopic (exact) mass is 416 g/mol. The second-order valence-corrected chi connectivity index (χ2v) is 6.77. The number of nitrogens with zero attached hydrogens (tertiary/aromatic N) is 4. The number of benzene rings is 1. The van der Waals surface area contributed by atoms with Gasteiger partial charge in [0.05, 0.1) is 5.56 Å². The number of pyridine rings is 2. The Morgan fingerprint density at radius 3 is 2.55 bits per heavy atom. The van der Waals surface area contributed by atoms with E-state index in [1.807, 2.05) is 34.9 Å². The van der Waals surface area contributed by atoms with Gasteiger partial charge in [-0.3, -0.25) is 14.2 Å². The van der Waals surface area contributed by atoms with Gasteiger partial charge in [-0.2, -0.15) is 0 Å². The number of amides is 1. The molecule has 1 aromatic carbocycles. The molecule has 3 aromatic heterocycles. The minimum atomic E-state index is -0.343. The van der Waals surface area contributed by atoms with Crippen molar-refractivity contribution in [2.75, 3.05) is 12.8 Å². The molecule has 0 atom stereocenters. The number of nitrogens with two attached hydrogens (primary N) is 1. The highest BCUT2D eigenvalue weighted by Crippen LogP contribution is 2.30. The molecule has 1 amide bonds. The molecule has 9 heteroatoms. The van der Waals surface area contributed by atoms with Crippen LogP contribution in [-0.2, 0) is 16.1 Å². The molecule has 0 saturated heterocycles. The number of carbonyl (C=O) groups is 2. The molecule has 0 aliphatic carbocycles. The summed E-state index contributed by atoms with van der Waals surface area (Å²) in [5.41, 5.74) is 9.74. The zero-order valence-corrected chi connectivity index (χ0v) is 17.0. The van der Waals surface area contributed by atoms with Crippen molar-refractivity contribution in [3.05, 3.63) is 66.0 Å². The average molecular weight is 416 g/mol. The first kappa shape index (κ1) is 20.0. The number of hydrogen-bond donors (Lipinski definition) is 2. The molecule has 0 radical (unpaired) electrons. The first-order chi connectivity index (χ1) is 15.0. The van der Waals surface area contributed by atoms with Crippen molar-refractivity contribution in [3.63, 3.8) is 0 Å². The van der Waals surface area contributed by atoms with Gasteiger partial charge in [-0.05, 0) is 42.0 Å². The maximum atomic E-state index is 12.1. The zero-order valence-electron chi connectivity index (χ0n) is 17.0. The second-order valence-electron chi connectivity index (χ2n) is 6.77. The summed E-state index contributed by atoms with van der Waals surface area (Å²) in [6.45, 7) is 1.55. The Morgan fingerprint density at radius 1 is 1.10 bits per heavy atom. The van der Waals surface area contributed by atoms with Crippen LogP contribution in [0.4, 0.5) is 5.82 Å². The van der Waals surface area contributed by atoms with Gasteiger partial charge in [-0.1, -0.05) is 12.1 Å². The molecule has 0 fully saturated rings. The SMILES string of the molecule is CNC(=O)c1ccc2nc(-c3cccnc3N)n(-c3ccc(COC(C)=O)cc3)c2n1. The van der Waals surface area contributed by atoms with Crippen LogP contribution < -0.4 is 11.1 Å². The van der Waals surface area contributed by atoms with Gasteiger partial charge >= 0.3 is 5.97 Å². The fourth-order valence-electron chi connectivity index (χ4n) is 3.17. The second kappa shape index (κ2) is 8.23. The summed E-state index contributed by atoms with van der Waals surface area (Å²) < 4.78 is 6.88. The zero-order chi connectivity index (χ0) is 22.0. The van der Waals surface area contributed by atoms with E-state index in [0.717, 1.165) is 11.3 Å². The van der Waals surface area contributed by atoms with Gasteiger partial charge in [0.1, 0.15) is 23.6 Å². The lowest BCUT2D eigenvalue weighted by atomic mass is 10.2. The van der Waals surface area contributed by atoms with E-state index in [-0.39, 0.29) is 24.2 Å². The van der Waals surface area contributed by atoms with Crippen molar-refractivity contribution >= 4 is 28.9 Å². The topological polar surface area (TPSA) is 125 Å². The predicted octanol–water partition coefficient (Wildman–Crippen LogP) is 2.49. The van der Waals surface area contributed by atoms with Gasteiger partial charge < -0.3 is 15.8 Å². The largest absolute Gasteiger partial charge is 0.461 e. The highest BCUT2D eigenvalue weighted by Gasteiger charge is 2.19. The molecule has 156 valence electrons. The summed E-state index contributed by atoms with van der Waals surface area (Å²) in [5, 5.41) is 2.58. The number of fused-ring (bicyclic) bond motifs is 1. The number of nitrogen functional groups attached to an aromatic ring is 1. The van der Waals surface area contributed by atoms with Crippen molar-refractivity contribution in [2.24, 2.45) is 0 Å². The van der Waals surface area contributed by atoms with E-state index in [2.05, 4.69) is 15.3 Å². The Labute approximate surface area is 177 Å². The van der Waals surface area contributed by atoms with Crippen LogP contribution in [0.1, 0.15) is 23.0 Å². The lowest BCUT2D eigenvalue weighted by Gasteiger charge is -2.11. The van der Waals surface area contributed by atoms with Crippen molar-refractivity contribution in [1.29, 1.82) is 0 Å². The van der Waals surface area contributed by atoms with E-state index in [4.69, 9.17) is 15.5 Å². The minimum Gasteiger partial charge on any atom is -0.461 e. The van der Waals surface area contributed by atoms with Crippen LogP contribution in [0.25, 0.3) is 28.2 Å². The lowest BCUT2D eigenvalue weighted by Crippen LogP contribution is -2.19. The number of rotatable bonds is 5. The Morgan fingerprint density at radius 2 is 1.87 bits per heavy atom. The molecule has 9 nitrogen and oxygen atoms in total. The molecule has 0 saturated carbocycles. The molecule has 0 aliphatic rings. The molecular weight excluding hydrogens is 396 g/mol. The summed E-state index contributed by atoms with van der Waals surface area (Å²) in [6.07, 6.45) is 1.61. The number of anilines is 1. The fourth-order valence-corrected chi connectivity index (χ4v) is 3.17. The number of ether oxygens (including phenoxy) is 1. The highest BCUT2D eigenvalue weighted by atomic mass is 16.5. The third kappa shape index (κ3) is 3.93. The highest BCUT2D eigenvalue weighted by molar-refractivity contribution is 5.94. The number of imidazole rings is 1. The van der Waals surface area contributed by atoms with Gasteiger partial charge in [0, 0.05) is 25.9 Å². The summed E-state index contributed by atoms with van der Waals surface area (Å²) in [5.74, 6) is 0.241. The maximum absolute atomic E-state index is 12.1. The number of hydrogen-bond acceptors (Lipinski definition) is 7. The maximum Gasteiger partial charge on any atom is 0.302 e. The molecule has 3 heterocycles. The van der Waals surface area contributed by atoms with E-state index >= 15 is 0 Å². The first-order valence-corrected chi connectivity index (χ1v) is 9.53. The molecule has 0 unspecified atom stereocenters. The number of esters is 1. The summed E-state index contributed by atoms with van der Waals surface area (Å²) in [7, 11) is 1.55. The van der Waals surface area contributed by atoms with E-state index in [9.17, 15) is 9.59 Å². The van der Waals surface area contributed by atoms with E-state index in [1.165, 1.54) is 6.92 Å². The summed E-state index contributed by atoms with van der Waals surface area (Å²) in [6, 6.07) is 14.4. The molecule has 0 spiro atoms. The van der Waals surface area contributed by atoms with Crippen LogP contribution in [0.3, 0.4) is 0 Å². The summed E-state index contributed by atoms with van der Waals surface area (Å²) >= 11 is 0. The number of aromatic nitrogens is 4. The first-order valence-electron chi connectivity index (χ1n) is 9.53. The molecule has 0 aliphatic heterocycles. The number of carbonyl (C=O) groups excluding carboxylic acids is 2. The van der Waals surface area contributed by atoms with E-state index in [0.29, 0.717) is 28.4 Å². The smallest absolute Gasteiger partial charge is 0.302 e. The Bertz CT molecular complexity index is 1280. The van der Waals surface area contributed by atoms with Crippen LogP contribution in [0.15, 0.2) is 54.7 Å². The molecule has 3 N–H and O–H groups in total. The average Bonchev–Trinajstić information content (AvgIpc) is 3.16. The van der Waals surface area contributed by atoms with Gasteiger partial charge in [0.25, 0.3) is 5.91 Å². The van der Waals surface area contributed by atoms with Crippen molar-refractivity contribution in [1.82, 2.24) is 24.8 Å². The van der Waals surface area contributed by atoms with Crippen LogP contribution in [0.5, 0.6) is 0 Å². The van der Waals surface area contributed by atoms with Crippen LogP contribution >= 0.6 is 0 Å². The summed E-state index contributed by atoms with van der Waals surface area (Å²) in [4.78, 5) is 36.6. The molecule has 31 heavy (non-hydrogen) atoms. The van der Waals surface area contributed by atoms with Crippen molar-refractivity contribution in [3.8, 4) is 17.1 Å². The predicted molar refractivity (Wildman–Crippen MR) is 115 cm³/mol. The van der Waals surface area contributed by atoms with Gasteiger partial charge in [-0.15, -0.1) is 0 Å². The van der Waals surface area contributed by atoms with E-state index < -0.39 is 0 Å². The minimum absolute atomic E-state index is 0.182. The molecule has 4 rings (SSSR count). The molecule has 4 aromatic rings. The van der Waals surface area contributed by atoms with Gasteiger partial charge in [0.2, 0.25) is 0 Å². The lowest BCUT2D eigenvalue weighted by molar-refractivity contribution is -0.142. The Balaban J connectivity index is 1.90.